The number of nitrogens with one attached hydrogen (secondary N) is 1. The number of carbonyl (C=O) groups is 3. The number of unbranched alkanes of at least 4 members (excludes halogenated alkanes) is 1. The lowest BCUT2D eigenvalue weighted by Crippen LogP contribution is -2.22. The highest BCUT2D eigenvalue weighted by Gasteiger charge is 2.31. The van der Waals surface area contributed by atoms with E-state index in [4.69, 9.17) is 10.5 Å². The second-order valence-electron chi connectivity index (χ2n) is 5.99. The van der Waals surface area contributed by atoms with Gasteiger partial charge in [0, 0.05) is 28.9 Å². The molecule has 0 aromatic heterocycles. The summed E-state index contributed by atoms with van der Waals surface area (Å²) < 4.78 is 4.91. The summed E-state index contributed by atoms with van der Waals surface area (Å²) in [5.74, 6) is -0.694. The number of fused-ring (bicyclic) bond motifs is 2. The van der Waals surface area contributed by atoms with E-state index < -0.39 is 5.97 Å². The summed E-state index contributed by atoms with van der Waals surface area (Å²) >= 11 is 0. The Kier molecular flexibility index (Phi) is 5.43. The molecule has 0 heterocycles. The van der Waals surface area contributed by atoms with Gasteiger partial charge in [0.25, 0.3) is 0 Å². The van der Waals surface area contributed by atoms with Gasteiger partial charge in [0.2, 0.25) is 0 Å². The van der Waals surface area contributed by atoms with E-state index in [1.807, 2.05) is 0 Å². The first kappa shape index (κ1) is 17.8. The summed E-state index contributed by atoms with van der Waals surface area (Å²) in [4.78, 5) is 36.5. The molecule has 3 N–H and O–H groups in total. The van der Waals surface area contributed by atoms with Crippen molar-refractivity contribution in [3.05, 3.63) is 64.7 Å². The molecule has 0 saturated heterocycles. The van der Waals surface area contributed by atoms with Crippen LogP contribution in [-0.4, -0.2) is 37.2 Å². The van der Waals surface area contributed by atoms with Crippen LogP contribution in [0.25, 0.3) is 0 Å². The van der Waals surface area contributed by atoms with E-state index in [0.29, 0.717) is 47.5 Å². The van der Waals surface area contributed by atoms with Crippen LogP contribution in [0.2, 0.25) is 0 Å². The Morgan fingerprint density at radius 2 is 1.62 bits per heavy atom. The summed E-state index contributed by atoms with van der Waals surface area (Å²) in [6.45, 7) is 0.793. The molecule has 0 fully saturated rings. The number of esters is 1. The highest BCUT2D eigenvalue weighted by atomic mass is 16.5. The molecule has 6 nitrogen and oxygen atoms in total. The molecule has 3 rings (SSSR count). The molecular formula is C20H20N2O4. The van der Waals surface area contributed by atoms with Crippen molar-refractivity contribution in [2.24, 2.45) is 5.73 Å². The normalized spacial score (nSPS) is 12.3. The van der Waals surface area contributed by atoms with Crippen molar-refractivity contribution in [3.8, 4) is 0 Å². The van der Waals surface area contributed by atoms with Crippen LogP contribution < -0.4 is 11.1 Å². The van der Waals surface area contributed by atoms with Gasteiger partial charge in [-0.05, 0) is 18.9 Å². The number of benzene rings is 2. The maximum absolute atomic E-state index is 12.9. The number of hydrogen-bond donors (Lipinski definition) is 2. The average molecular weight is 352 g/mol. The lowest BCUT2D eigenvalue weighted by atomic mass is 9.83. The number of ketones is 2. The van der Waals surface area contributed by atoms with E-state index in [-0.39, 0.29) is 18.1 Å². The molecule has 0 aliphatic heterocycles. The van der Waals surface area contributed by atoms with Gasteiger partial charge in [-0.2, -0.15) is 0 Å². The van der Waals surface area contributed by atoms with Gasteiger partial charge in [-0.3, -0.25) is 14.4 Å². The van der Waals surface area contributed by atoms with Crippen LogP contribution in [0.1, 0.15) is 44.7 Å². The highest BCUT2D eigenvalue weighted by molar-refractivity contribution is 6.30. The molecule has 0 radical (unpaired) electrons. The van der Waals surface area contributed by atoms with Crippen molar-refractivity contribution in [3.63, 3.8) is 0 Å². The lowest BCUT2D eigenvalue weighted by Gasteiger charge is -2.20. The fourth-order valence-electron chi connectivity index (χ4n) is 2.99. The number of anilines is 1. The van der Waals surface area contributed by atoms with E-state index in [1.54, 1.807) is 42.5 Å². The number of ether oxygens (including phenoxy) is 1. The maximum Gasteiger partial charge on any atom is 0.319 e. The van der Waals surface area contributed by atoms with Crippen molar-refractivity contribution in [1.29, 1.82) is 0 Å². The molecule has 1 aliphatic rings. The van der Waals surface area contributed by atoms with E-state index in [0.717, 1.165) is 6.42 Å². The SMILES string of the molecule is NCC(=O)OCCCCNc1cccc2c1C(=O)c1ccccc1C2=O. The Morgan fingerprint density at radius 3 is 2.35 bits per heavy atom. The van der Waals surface area contributed by atoms with Gasteiger partial charge in [0.1, 0.15) is 0 Å². The lowest BCUT2D eigenvalue weighted by molar-refractivity contribution is -0.142. The standard InChI is InChI=1S/C20H20N2O4/c21-12-17(23)26-11-4-3-10-22-16-9-5-8-15-18(16)20(25)14-7-2-1-6-13(14)19(15)24/h1-2,5-9,22H,3-4,10-12,21H2. The van der Waals surface area contributed by atoms with Gasteiger partial charge in [0.15, 0.2) is 11.6 Å². The van der Waals surface area contributed by atoms with Crippen molar-refractivity contribution >= 4 is 23.2 Å². The van der Waals surface area contributed by atoms with Gasteiger partial charge in [-0.25, -0.2) is 0 Å². The first-order chi connectivity index (χ1) is 12.6. The fourth-order valence-corrected chi connectivity index (χ4v) is 2.99. The predicted molar refractivity (Wildman–Crippen MR) is 97.5 cm³/mol. The Labute approximate surface area is 151 Å². The van der Waals surface area contributed by atoms with Crippen LogP contribution in [0.4, 0.5) is 5.69 Å². The number of nitrogens with two attached hydrogens (primary N) is 1. The van der Waals surface area contributed by atoms with Gasteiger partial charge in [0.05, 0.1) is 18.7 Å². The molecular weight excluding hydrogens is 332 g/mol. The molecule has 0 saturated carbocycles. The Bertz CT molecular complexity index is 861. The molecule has 0 spiro atoms. The smallest absolute Gasteiger partial charge is 0.319 e. The summed E-state index contributed by atoms with van der Waals surface area (Å²) in [7, 11) is 0. The van der Waals surface area contributed by atoms with Crippen LogP contribution in [0.3, 0.4) is 0 Å². The highest BCUT2D eigenvalue weighted by Crippen LogP contribution is 2.31. The zero-order chi connectivity index (χ0) is 18.5. The molecule has 0 atom stereocenters. The third kappa shape index (κ3) is 3.50. The third-order valence-corrected chi connectivity index (χ3v) is 4.27. The van der Waals surface area contributed by atoms with Gasteiger partial charge < -0.3 is 15.8 Å². The van der Waals surface area contributed by atoms with Crippen molar-refractivity contribution in [2.45, 2.75) is 12.8 Å². The fraction of sp³-hybridized carbons (Fsp3) is 0.250. The van der Waals surface area contributed by atoms with Crippen molar-refractivity contribution in [1.82, 2.24) is 0 Å². The van der Waals surface area contributed by atoms with Gasteiger partial charge in [-0.15, -0.1) is 0 Å². The monoisotopic (exact) mass is 352 g/mol. The van der Waals surface area contributed by atoms with E-state index in [9.17, 15) is 14.4 Å². The number of rotatable bonds is 7. The Morgan fingerprint density at radius 1 is 0.923 bits per heavy atom. The minimum atomic E-state index is -0.419. The summed E-state index contributed by atoms with van der Waals surface area (Å²) in [6.07, 6.45) is 1.43. The topological polar surface area (TPSA) is 98.5 Å². The molecule has 0 bridgehead atoms. The zero-order valence-corrected chi connectivity index (χ0v) is 14.3. The van der Waals surface area contributed by atoms with Crippen LogP contribution in [0.15, 0.2) is 42.5 Å². The largest absolute Gasteiger partial charge is 0.465 e. The average Bonchev–Trinajstić information content (AvgIpc) is 2.68. The molecule has 2 aromatic carbocycles. The van der Waals surface area contributed by atoms with E-state index in [2.05, 4.69) is 5.32 Å². The number of carbonyl (C=O) groups excluding carboxylic acids is 3. The van der Waals surface area contributed by atoms with Crippen LogP contribution >= 0.6 is 0 Å². The molecule has 0 unspecified atom stereocenters. The van der Waals surface area contributed by atoms with E-state index >= 15 is 0 Å². The van der Waals surface area contributed by atoms with Crippen LogP contribution in [-0.2, 0) is 9.53 Å². The van der Waals surface area contributed by atoms with Crippen LogP contribution in [0.5, 0.6) is 0 Å². The molecule has 1 aliphatic carbocycles. The second-order valence-corrected chi connectivity index (χ2v) is 5.99. The van der Waals surface area contributed by atoms with E-state index in [1.165, 1.54) is 0 Å². The van der Waals surface area contributed by atoms with Gasteiger partial charge >= 0.3 is 5.97 Å². The third-order valence-electron chi connectivity index (χ3n) is 4.27. The Balaban J connectivity index is 1.69. The quantitative estimate of drug-likeness (QED) is 0.499. The molecule has 0 amide bonds. The zero-order valence-electron chi connectivity index (χ0n) is 14.3. The summed E-state index contributed by atoms with van der Waals surface area (Å²) in [5, 5.41) is 3.22. The first-order valence-electron chi connectivity index (χ1n) is 8.54. The van der Waals surface area contributed by atoms with Crippen molar-refractivity contribution < 1.29 is 19.1 Å². The maximum atomic E-state index is 12.9. The molecule has 134 valence electrons. The summed E-state index contributed by atoms with van der Waals surface area (Å²) in [6, 6.07) is 12.1. The first-order valence-corrected chi connectivity index (χ1v) is 8.54. The minimum absolute atomic E-state index is 0.119. The number of hydrogen-bond acceptors (Lipinski definition) is 6. The van der Waals surface area contributed by atoms with Crippen LogP contribution in [0, 0.1) is 0 Å². The Hall–Kier alpha value is -2.99. The summed E-state index contributed by atoms with van der Waals surface area (Å²) in [5.41, 5.74) is 7.55. The van der Waals surface area contributed by atoms with Crippen molar-refractivity contribution in [2.75, 3.05) is 25.0 Å². The molecule has 2 aromatic rings. The molecule has 26 heavy (non-hydrogen) atoms. The second kappa shape index (κ2) is 7.93. The minimum Gasteiger partial charge on any atom is -0.465 e. The predicted octanol–water partition coefficient (Wildman–Crippen LogP) is 2.16. The molecule has 6 heteroatoms. The van der Waals surface area contributed by atoms with Gasteiger partial charge in [-0.1, -0.05) is 36.4 Å².